The lowest BCUT2D eigenvalue weighted by molar-refractivity contribution is 0.0696. The maximum atomic E-state index is 11.6. The number of urea groups is 1. The molecule has 1 rings (SSSR count). The predicted octanol–water partition coefficient (Wildman–Crippen LogP) is 1.80. The van der Waals surface area contributed by atoms with Gasteiger partial charge in [0.1, 0.15) is 5.75 Å². The predicted molar refractivity (Wildman–Crippen MR) is 77.7 cm³/mol. The number of aromatic carboxylic acids is 1. The first-order valence-corrected chi connectivity index (χ1v) is 6.23. The number of carboxylic acids is 1. The average molecular weight is 294 g/mol. The van der Waals surface area contributed by atoms with E-state index in [0.29, 0.717) is 19.8 Å². The van der Waals surface area contributed by atoms with Gasteiger partial charge in [0.15, 0.2) is 0 Å². The molecule has 0 atom stereocenters. The largest absolute Gasteiger partial charge is 0.506 e. The number of hydrogen-bond donors (Lipinski definition) is 4. The highest BCUT2D eigenvalue weighted by Crippen LogP contribution is 2.24. The first kappa shape index (κ1) is 16.5. The van der Waals surface area contributed by atoms with Gasteiger partial charge < -0.3 is 25.6 Å². The number of rotatable bonds is 7. The fourth-order valence-corrected chi connectivity index (χ4v) is 1.42. The standard InChI is InChI=1S/C14H18N2O5/c1-9(2)8-21-6-5-15-14(20)16-11-4-3-10(13(18)19)7-12(11)17/h3-4,7,17H,1,5-6,8H2,2H3,(H,18,19)(H2,15,16,20). The zero-order valence-electron chi connectivity index (χ0n) is 11.7. The summed E-state index contributed by atoms with van der Waals surface area (Å²) in [6, 6.07) is 3.14. The van der Waals surface area contributed by atoms with Crippen molar-refractivity contribution in [2.75, 3.05) is 25.1 Å². The Morgan fingerprint density at radius 1 is 1.38 bits per heavy atom. The first-order chi connectivity index (χ1) is 9.90. The van der Waals surface area contributed by atoms with E-state index in [2.05, 4.69) is 17.2 Å². The van der Waals surface area contributed by atoms with Crippen molar-refractivity contribution in [2.24, 2.45) is 0 Å². The van der Waals surface area contributed by atoms with Crippen LogP contribution in [-0.2, 0) is 4.74 Å². The number of phenolic OH excluding ortho intramolecular Hbond substituents is 1. The van der Waals surface area contributed by atoms with Crippen LogP contribution in [0.3, 0.4) is 0 Å². The van der Waals surface area contributed by atoms with Crippen molar-refractivity contribution in [1.82, 2.24) is 5.32 Å². The third-order valence-corrected chi connectivity index (χ3v) is 2.37. The van der Waals surface area contributed by atoms with Gasteiger partial charge in [-0.05, 0) is 25.1 Å². The van der Waals surface area contributed by atoms with Crippen LogP contribution in [0, 0.1) is 0 Å². The molecule has 7 nitrogen and oxygen atoms in total. The van der Waals surface area contributed by atoms with Gasteiger partial charge in [0.25, 0.3) is 0 Å². The van der Waals surface area contributed by atoms with Crippen molar-refractivity contribution in [1.29, 1.82) is 0 Å². The van der Waals surface area contributed by atoms with Crippen LogP contribution >= 0.6 is 0 Å². The summed E-state index contributed by atoms with van der Waals surface area (Å²) < 4.78 is 5.20. The van der Waals surface area contributed by atoms with Crippen LogP contribution in [0.4, 0.5) is 10.5 Å². The van der Waals surface area contributed by atoms with E-state index in [-0.39, 0.29) is 17.0 Å². The molecule has 7 heteroatoms. The number of anilines is 1. The monoisotopic (exact) mass is 294 g/mol. The Morgan fingerprint density at radius 2 is 2.10 bits per heavy atom. The summed E-state index contributed by atoms with van der Waals surface area (Å²) in [5.74, 6) is -1.47. The molecule has 0 radical (unpaired) electrons. The molecular formula is C14H18N2O5. The quantitative estimate of drug-likeness (QED) is 0.348. The molecule has 0 aliphatic carbocycles. The van der Waals surface area contributed by atoms with Crippen LogP contribution in [-0.4, -0.2) is 42.0 Å². The van der Waals surface area contributed by atoms with Gasteiger partial charge in [0.2, 0.25) is 0 Å². The number of aromatic hydroxyl groups is 1. The number of benzene rings is 1. The number of amides is 2. The second kappa shape index (κ2) is 7.91. The highest BCUT2D eigenvalue weighted by atomic mass is 16.5. The van der Waals surface area contributed by atoms with Gasteiger partial charge in [-0.25, -0.2) is 9.59 Å². The molecule has 0 fully saturated rings. The normalized spacial score (nSPS) is 9.95. The molecule has 4 N–H and O–H groups in total. The number of ether oxygens (including phenoxy) is 1. The Hall–Kier alpha value is -2.54. The second-order valence-corrected chi connectivity index (χ2v) is 4.43. The zero-order chi connectivity index (χ0) is 15.8. The van der Waals surface area contributed by atoms with Crippen molar-refractivity contribution >= 4 is 17.7 Å². The van der Waals surface area contributed by atoms with E-state index >= 15 is 0 Å². The minimum absolute atomic E-state index is 0.0633. The summed E-state index contributed by atoms with van der Waals surface area (Å²) in [4.78, 5) is 22.3. The molecular weight excluding hydrogens is 276 g/mol. The lowest BCUT2D eigenvalue weighted by Gasteiger charge is -2.10. The molecule has 0 aromatic heterocycles. The Labute approximate surface area is 122 Å². The molecule has 0 aliphatic heterocycles. The Bertz CT molecular complexity index is 542. The molecule has 0 saturated carbocycles. The van der Waals surface area contributed by atoms with Crippen LogP contribution in [0.15, 0.2) is 30.4 Å². The number of phenols is 1. The SMILES string of the molecule is C=C(C)COCCNC(=O)Nc1ccc(C(=O)O)cc1O. The van der Waals surface area contributed by atoms with Crippen LogP contribution in [0.2, 0.25) is 0 Å². The lowest BCUT2D eigenvalue weighted by Crippen LogP contribution is -2.31. The maximum Gasteiger partial charge on any atom is 0.335 e. The third-order valence-electron chi connectivity index (χ3n) is 2.37. The Morgan fingerprint density at radius 3 is 2.67 bits per heavy atom. The van der Waals surface area contributed by atoms with Gasteiger partial charge in [0, 0.05) is 6.54 Å². The summed E-state index contributed by atoms with van der Waals surface area (Å²) >= 11 is 0. The zero-order valence-corrected chi connectivity index (χ0v) is 11.7. The lowest BCUT2D eigenvalue weighted by atomic mass is 10.2. The van der Waals surface area contributed by atoms with E-state index in [1.807, 2.05) is 6.92 Å². The Kier molecular flexibility index (Phi) is 6.22. The molecule has 0 bridgehead atoms. The van der Waals surface area contributed by atoms with E-state index in [9.17, 15) is 14.7 Å². The molecule has 1 aromatic rings. The van der Waals surface area contributed by atoms with E-state index in [1.54, 1.807) is 0 Å². The third kappa shape index (κ3) is 5.96. The van der Waals surface area contributed by atoms with Crippen LogP contribution in [0.1, 0.15) is 17.3 Å². The highest BCUT2D eigenvalue weighted by molar-refractivity contribution is 5.93. The highest BCUT2D eigenvalue weighted by Gasteiger charge is 2.09. The summed E-state index contributed by atoms with van der Waals surface area (Å²) in [5.41, 5.74) is 0.954. The Balaban J connectivity index is 2.41. The fourth-order valence-electron chi connectivity index (χ4n) is 1.42. The number of nitrogens with one attached hydrogen (secondary N) is 2. The first-order valence-electron chi connectivity index (χ1n) is 6.23. The summed E-state index contributed by atoms with van der Waals surface area (Å²) in [6.07, 6.45) is 0. The fraction of sp³-hybridized carbons (Fsp3) is 0.286. The van der Waals surface area contributed by atoms with Crippen LogP contribution < -0.4 is 10.6 Å². The summed E-state index contributed by atoms with van der Waals surface area (Å²) in [6.45, 7) is 6.58. The smallest absolute Gasteiger partial charge is 0.335 e. The molecule has 0 heterocycles. The van der Waals surface area contributed by atoms with Crippen LogP contribution in [0.25, 0.3) is 0 Å². The summed E-state index contributed by atoms with van der Waals surface area (Å²) in [5, 5.41) is 23.3. The van der Waals surface area contributed by atoms with Crippen molar-refractivity contribution in [3.05, 3.63) is 35.9 Å². The van der Waals surface area contributed by atoms with Gasteiger partial charge in [-0.15, -0.1) is 0 Å². The molecule has 0 aliphatic rings. The molecule has 0 unspecified atom stereocenters. The minimum atomic E-state index is -1.16. The maximum absolute atomic E-state index is 11.6. The number of carbonyl (C=O) groups excluding carboxylic acids is 1. The average Bonchev–Trinajstić information content (AvgIpc) is 2.40. The molecule has 21 heavy (non-hydrogen) atoms. The van der Waals surface area contributed by atoms with E-state index in [0.717, 1.165) is 11.6 Å². The van der Waals surface area contributed by atoms with Crippen molar-refractivity contribution in [2.45, 2.75) is 6.92 Å². The van der Waals surface area contributed by atoms with Crippen molar-refractivity contribution in [3.8, 4) is 5.75 Å². The van der Waals surface area contributed by atoms with E-state index in [1.165, 1.54) is 12.1 Å². The molecule has 0 spiro atoms. The number of carboxylic acid groups (broad SMARTS) is 1. The second-order valence-electron chi connectivity index (χ2n) is 4.43. The van der Waals surface area contributed by atoms with Gasteiger partial charge in [-0.2, -0.15) is 0 Å². The number of hydrogen-bond acceptors (Lipinski definition) is 4. The molecule has 1 aromatic carbocycles. The molecule has 0 saturated heterocycles. The van der Waals surface area contributed by atoms with Gasteiger partial charge in [0.05, 0.1) is 24.5 Å². The minimum Gasteiger partial charge on any atom is -0.506 e. The summed E-state index contributed by atoms with van der Waals surface area (Å²) in [7, 11) is 0. The van der Waals surface area contributed by atoms with E-state index < -0.39 is 12.0 Å². The van der Waals surface area contributed by atoms with Gasteiger partial charge in [-0.3, -0.25) is 0 Å². The van der Waals surface area contributed by atoms with Crippen molar-refractivity contribution < 1.29 is 24.5 Å². The van der Waals surface area contributed by atoms with Crippen molar-refractivity contribution in [3.63, 3.8) is 0 Å². The number of carbonyl (C=O) groups is 2. The van der Waals surface area contributed by atoms with Gasteiger partial charge in [-0.1, -0.05) is 12.2 Å². The van der Waals surface area contributed by atoms with Gasteiger partial charge >= 0.3 is 12.0 Å². The van der Waals surface area contributed by atoms with Crippen LogP contribution in [0.5, 0.6) is 5.75 Å². The molecule has 2 amide bonds. The molecule has 114 valence electrons. The van der Waals surface area contributed by atoms with E-state index in [4.69, 9.17) is 9.84 Å². The topological polar surface area (TPSA) is 108 Å².